The molecule has 0 radical (unpaired) electrons. The molecule has 0 bridgehead atoms. The summed E-state index contributed by atoms with van der Waals surface area (Å²) in [5.74, 6) is -3.53. The van der Waals surface area contributed by atoms with Crippen molar-refractivity contribution in [2.24, 2.45) is 4.99 Å². The summed E-state index contributed by atoms with van der Waals surface area (Å²) in [6.45, 7) is 1.45. The first-order chi connectivity index (χ1) is 7.47. The van der Waals surface area contributed by atoms with Crippen LogP contribution in [0.1, 0.15) is 6.92 Å². The van der Waals surface area contributed by atoms with Gasteiger partial charge in [0.2, 0.25) is 5.78 Å². The van der Waals surface area contributed by atoms with Gasteiger partial charge in [-0.15, -0.1) is 0 Å². The Balaban J connectivity index is 3.09. The predicted octanol–water partition coefficient (Wildman–Crippen LogP) is 0.291. The first-order valence-electron chi connectivity index (χ1n) is 4.31. The van der Waals surface area contributed by atoms with Crippen LogP contribution in [0.5, 0.6) is 0 Å². The molecule has 0 aromatic heterocycles. The minimum Gasteiger partial charge on any atom is -0.462 e. The number of ether oxygens (including phenoxy) is 1. The summed E-state index contributed by atoms with van der Waals surface area (Å²) in [6.07, 6.45) is -2.60. The highest BCUT2D eigenvalue weighted by atomic mass is 19.3. The highest BCUT2D eigenvalue weighted by molar-refractivity contribution is 6.48. The van der Waals surface area contributed by atoms with Gasteiger partial charge in [0, 0.05) is 6.08 Å². The number of dihydropyridines is 1. The first-order valence-corrected chi connectivity index (χ1v) is 4.31. The monoisotopic (exact) mass is 231 g/mol. The second-order valence-electron chi connectivity index (χ2n) is 2.75. The number of carbonyl (C=O) groups excluding carboxylic acids is 3. The maximum Gasteiger partial charge on any atom is 0.340 e. The van der Waals surface area contributed by atoms with Crippen LogP contribution < -0.4 is 0 Å². The number of hydrogen-bond acceptors (Lipinski definition) is 4. The second kappa shape index (κ2) is 4.73. The lowest BCUT2D eigenvalue weighted by atomic mass is 10.1. The van der Waals surface area contributed by atoms with Crippen LogP contribution >= 0.6 is 0 Å². The number of halogens is 2. The molecule has 0 fully saturated rings. The highest BCUT2D eigenvalue weighted by Gasteiger charge is 2.32. The number of aliphatic imine (C=N–C) groups is 1. The van der Waals surface area contributed by atoms with Gasteiger partial charge in [-0.05, 0) is 6.92 Å². The third-order valence-corrected chi connectivity index (χ3v) is 1.69. The second-order valence-corrected chi connectivity index (χ2v) is 2.75. The van der Waals surface area contributed by atoms with Gasteiger partial charge in [-0.2, -0.15) is 0 Å². The molecule has 16 heavy (non-hydrogen) atoms. The minimum atomic E-state index is -3.12. The van der Waals surface area contributed by atoms with Crippen molar-refractivity contribution < 1.29 is 27.9 Å². The molecule has 1 amide bonds. The van der Waals surface area contributed by atoms with E-state index in [2.05, 4.69) is 9.73 Å². The summed E-state index contributed by atoms with van der Waals surface area (Å²) in [5, 5.41) is 0. The van der Waals surface area contributed by atoms with Crippen molar-refractivity contribution in [1.82, 2.24) is 0 Å². The molecule has 0 saturated heterocycles. The van der Waals surface area contributed by atoms with E-state index in [-0.39, 0.29) is 6.61 Å². The number of hydrogen-bond donors (Lipinski definition) is 0. The molecule has 0 N–H and O–H groups in total. The van der Waals surface area contributed by atoms with Gasteiger partial charge >= 0.3 is 11.9 Å². The molecule has 1 heterocycles. The molecule has 1 aliphatic rings. The topological polar surface area (TPSA) is 72.8 Å². The van der Waals surface area contributed by atoms with Gasteiger partial charge < -0.3 is 4.74 Å². The van der Waals surface area contributed by atoms with Crippen LogP contribution in [0, 0.1) is 0 Å². The van der Waals surface area contributed by atoms with E-state index < -0.39 is 35.4 Å². The number of rotatable bonds is 3. The molecule has 1 aliphatic heterocycles. The van der Waals surface area contributed by atoms with E-state index in [0.29, 0.717) is 6.08 Å². The Labute approximate surface area is 88.8 Å². The summed E-state index contributed by atoms with van der Waals surface area (Å²) in [6, 6.07) is 0. The van der Waals surface area contributed by atoms with Crippen LogP contribution in [0.4, 0.5) is 8.78 Å². The lowest BCUT2D eigenvalue weighted by Crippen LogP contribution is -2.29. The number of esters is 1. The van der Waals surface area contributed by atoms with Crippen molar-refractivity contribution in [3.05, 3.63) is 11.6 Å². The molecular weight excluding hydrogens is 224 g/mol. The summed E-state index contributed by atoms with van der Waals surface area (Å²) >= 11 is 0. The SMILES string of the molecule is CCOC(=O)C1=CC(=O)C(=O)N=C1C(F)F. The molecule has 0 unspecified atom stereocenters. The molecule has 0 aliphatic carbocycles. The normalized spacial score (nSPS) is 16.0. The standard InChI is InChI=1S/C9H7F2NO4/c1-2-16-9(15)4-3-5(13)8(14)12-6(4)7(10)11/h3,7H,2H2,1H3. The number of amides is 1. The highest BCUT2D eigenvalue weighted by Crippen LogP contribution is 2.14. The molecule has 0 aromatic rings. The summed E-state index contributed by atoms with van der Waals surface area (Å²) < 4.78 is 29.3. The minimum absolute atomic E-state index is 0.0329. The Morgan fingerprint density at radius 1 is 1.50 bits per heavy atom. The molecule has 5 nitrogen and oxygen atoms in total. The van der Waals surface area contributed by atoms with Crippen LogP contribution in [0.3, 0.4) is 0 Å². The van der Waals surface area contributed by atoms with Crippen molar-refractivity contribution in [2.75, 3.05) is 6.61 Å². The summed E-state index contributed by atoms with van der Waals surface area (Å²) in [5.41, 5.74) is -1.69. The van der Waals surface area contributed by atoms with Gasteiger partial charge in [-0.1, -0.05) is 0 Å². The van der Waals surface area contributed by atoms with E-state index in [1.807, 2.05) is 0 Å². The average molecular weight is 231 g/mol. The van der Waals surface area contributed by atoms with E-state index >= 15 is 0 Å². The van der Waals surface area contributed by atoms with E-state index in [9.17, 15) is 23.2 Å². The van der Waals surface area contributed by atoms with Gasteiger partial charge in [-0.25, -0.2) is 18.6 Å². The Kier molecular flexibility index (Phi) is 3.60. The molecule has 0 aromatic carbocycles. The largest absolute Gasteiger partial charge is 0.462 e. The van der Waals surface area contributed by atoms with Crippen LogP contribution in [0.2, 0.25) is 0 Å². The van der Waals surface area contributed by atoms with Crippen LogP contribution in [0.15, 0.2) is 16.6 Å². The Bertz CT molecular complexity index is 412. The number of alkyl halides is 2. The van der Waals surface area contributed by atoms with Crippen molar-refractivity contribution in [3.8, 4) is 0 Å². The molecule has 1 rings (SSSR count). The number of ketones is 1. The lowest BCUT2D eigenvalue weighted by molar-refractivity contribution is -0.138. The van der Waals surface area contributed by atoms with Gasteiger partial charge in [0.25, 0.3) is 6.43 Å². The lowest BCUT2D eigenvalue weighted by Gasteiger charge is -2.11. The Hall–Kier alpha value is -1.92. The summed E-state index contributed by atoms with van der Waals surface area (Å²) in [4.78, 5) is 35.7. The fraction of sp³-hybridized carbons (Fsp3) is 0.333. The third kappa shape index (κ3) is 2.36. The maximum atomic E-state index is 12.4. The van der Waals surface area contributed by atoms with E-state index in [1.54, 1.807) is 0 Å². The molecule has 0 atom stereocenters. The van der Waals surface area contributed by atoms with Crippen molar-refractivity contribution >= 4 is 23.4 Å². The molecule has 0 spiro atoms. The third-order valence-electron chi connectivity index (χ3n) is 1.69. The van der Waals surface area contributed by atoms with Gasteiger partial charge in [0.05, 0.1) is 12.2 Å². The predicted molar refractivity (Wildman–Crippen MR) is 48.2 cm³/mol. The summed E-state index contributed by atoms with van der Waals surface area (Å²) in [7, 11) is 0. The van der Waals surface area contributed by atoms with Crippen molar-refractivity contribution in [1.29, 1.82) is 0 Å². The zero-order valence-electron chi connectivity index (χ0n) is 8.20. The number of nitrogens with zero attached hydrogens (tertiary/aromatic N) is 1. The van der Waals surface area contributed by atoms with E-state index in [0.717, 1.165) is 0 Å². The zero-order valence-corrected chi connectivity index (χ0v) is 8.20. The van der Waals surface area contributed by atoms with Gasteiger partial charge in [0.1, 0.15) is 5.71 Å². The van der Waals surface area contributed by atoms with Gasteiger partial charge in [-0.3, -0.25) is 9.59 Å². The van der Waals surface area contributed by atoms with Crippen LogP contribution in [-0.4, -0.2) is 36.4 Å². The molecule has 7 heteroatoms. The van der Waals surface area contributed by atoms with Crippen molar-refractivity contribution in [2.45, 2.75) is 13.3 Å². The zero-order chi connectivity index (χ0) is 12.3. The first kappa shape index (κ1) is 12.2. The van der Waals surface area contributed by atoms with Crippen molar-refractivity contribution in [3.63, 3.8) is 0 Å². The quantitative estimate of drug-likeness (QED) is 0.517. The average Bonchev–Trinajstić information content (AvgIpc) is 2.21. The fourth-order valence-electron chi connectivity index (χ4n) is 1.03. The number of carbonyl (C=O) groups is 3. The molecular formula is C9H7F2NO4. The van der Waals surface area contributed by atoms with E-state index in [4.69, 9.17) is 0 Å². The van der Waals surface area contributed by atoms with Gasteiger partial charge in [0.15, 0.2) is 0 Å². The van der Waals surface area contributed by atoms with E-state index in [1.165, 1.54) is 6.92 Å². The molecule has 86 valence electrons. The Morgan fingerprint density at radius 3 is 2.62 bits per heavy atom. The van der Waals surface area contributed by atoms with Crippen LogP contribution in [-0.2, 0) is 19.1 Å². The molecule has 0 saturated carbocycles. The smallest absolute Gasteiger partial charge is 0.340 e. The Morgan fingerprint density at radius 2 is 2.12 bits per heavy atom. The fourth-order valence-corrected chi connectivity index (χ4v) is 1.03. The maximum absolute atomic E-state index is 12.4. The van der Waals surface area contributed by atoms with Crippen LogP contribution in [0.25, 0.3) is 0 Å².